The molecule has 4 rings (SSSR count). The number of aliphatic hydroxyl groups is 1. The van der Waals surface area contributed by atoms with Gasteiger partial charge in [-0.25, -0.2) is 13.9 Å². The second-order valence-electron chi connectivity index (χ2n) is 11.0. The number of aromatic amines is 1. The number of ether oxygens (including phenoxy) is 2. The maximum Gasteiger partial charge on any atom is 0.380 e. The van der Waals surface area contributed by atoms with Crippen LogP contribution in [0.15, 0.2) is 41.5 Å². The first-order valence-corrected chi connectivity index (χ1v) is 15.3. The Morgan fingerprint density at radius 3 is 2.62 bits per heavy atom. The Morgan fingerprint density at radius 1 is 1.33 bits per heavy atom. The van der Waals surface area contributed by atoms with Crippen LogP contribution in [0.5, 0.6) is 5.75 Å². The summed E-state index contributed by atoms with van der Waals surface area (Å²) in [5.41, 5.74) is 3.25. The van der Waals surface area contributed by atoms with Gasteiger partial charge in [-0.1, -0.05) is 25.1 Å². The largest absolute Gasteiger partial charge is 0.463 e. The van der Waals surface area contributed by atoms with E-state index >= 15 is 0 Å². The van der Waals surface area contributed by atoms with E-state index in [1.165, 1.54) is 25.3 Å². The van der Waals surface area contributed by atoms with E-state index in [-0.39, 0.29) is 29.0 Å². The van der Waals surface area contributed by atoms with E-state index in [2.05, 4.69) is 15.0 Å². The molecule has 0 spiro atoms. The molecule has 1 aliphatic rings. The lowest BCUT2D eigenvalue weighted by Crippen LogP contribution is -2.50. The summed E-state index contributed by atoms with van der Waals surface area (Å²) in [4.78, 5) is 33.2. The number of esters is 1. The molecule has 1 aromatic carbocycles. The van der Waals surface area contributed by atoms with Crippen molar-refractivity contribution < 1.29 is 37.4 Å². The number of H-pyrrole nitrogens is 1. The van der Waals surface area contributed by atoms with Crippen molar-refractivity contribution in [2.24, 2.45) is 5.92 Å². The van der Waals surface area contributed by atoms with E-state index in [0.717, 1.165) is 6.33 Å². The van der Waals surface area contributed by atoms with Gasteiger partial charge in [0.2, 0.25) is 5.95 Å². The summed E-state index contributed by atoms with van der Waals surface area (Å²) in [5.74, 6) is -1.52. The van der Waals surface area contributed by atoms with Crippen LogP contribution in [-0.4, -0.2) is 72.2 Å². The minimum Gasteiger partial charge on any atom is -0.463 e. The number of benzene rings is 1. The van der Waals surface area contributed by atoms with Crippen molar-refractivity contribution in [1.82, 2.24) is 19.5 Å². The molecular formula is C26H34ClFN5O8P. The molecule has 3 aromatic rings. The van der Waals surface area contributed by atoms with Gasteiger partial charge in [-0.05, 0) is 39.8 Å². The Morgan fingerprint density at radius 2 is 2.00 bits per heavy atom. The van der Waals surface area contributed by atoms with Crippen LogP contribution < -0.4 is 15.8 Å². The predicted molar refractivity (Wildman–Crippen MR) is 152 cm³/mol. The average Bonchev–Trinajstić information content (AvgIpc) is 3.42. The van der Waals surface area contributed by atoms with Gasteiger partial charge in [0, 0.05) is 0 Å². The van der Waals surface area contributed by atoms with Gasteiger partial charge < -0.3 is 24.8 Å². The van der Waals surface area contributed by atoms with Crippen LogP contribution >= 0.6 is 19.2 Å². The maximum atomic E-state index is 14.6. The number of alkyl halides is 2. The molecule has 13 nitrogen and oxygen atoms in total. The van der Waals surface area contributed by atoms with E-state index in [1.54, 1.807) is 44.2 Å². The van der Waals surface area contributed by atoms with E-state index in [0.29, 0.717) is 0 Å². The molecule has 2 aromatic heterocycles. The number of aromatic nitrogens is 4. The number of imidazole rings is 1. The quantitative estimate of drug-likeness (QED) is 0.160. The van der Waals surface area contributed by atoms with Crippen LogP contribution in [-0.2, 0) is 23.4 Å². The number of para-hydroxylation sites is 1. The Bertz CT molecular complexity index is 1540. The number of carbonyl (C=O) groups is 1. The number of nitrogens with one attached hydrogen (secondary N) is 1. The number of halogens is 2. The molecule has 1 unspecified atom stereocenters. The number of nitrogens with zero attached hydrogens (tertiary/aromatic N) is 3. The standard InChI is InChI=1S/C26H34ClFN5O8P/c1-14(2)38-22(36)15(3)11-42(37,40-16-9-7-6-8-10-16)41-25(4,5)19-18(34)26(27,12-28)23(39-19)33-13-30-17-20(33)31-24(29)32-21(17)35/h6-10,13-15,18-19,23,34H,11-12H2,1-5H3,(H3,29,31,32,35)/t15-,18+,19+,23-,26?,42+/m1/s1. The van der Waals surface area contributed by atoms with E-state index < -0.39 is 66.7 Å². The lowest BCUT2D eigenvalue weighted by molar-refractivity contribution is -0.151. The van der Waals surface area contributed by atoms with Gasteiger partial charge in [0.25, 0.3) is 5.56 Å². The number of nitrogen functional groups attached to an aromatic ring is 1. The monoisotopic (exact) mass is 629 g/mol. The molecule has 0 radical (unpaired) electrons. The molecule has 42 heavy (non-hydrogen) atoms. The third kappa shape index (κ3) is 6.32. The maximum absolute atomic E-state index is 14.6. The average molecular weight is 630 g/mol. The fourth-order valence-corrected chi connectivity index (χ4v) is 7.27. The first-order chi connectivity index (χ1) is 19.6. The number of hydrogen-bond acceptors (Lipinski definition) is 11. The molecular weight excluding hydrogens is 596 g/mol. The van der Waals surface area contributed by atoms with Crippen molar-refractivity contribution in [3.63, 3.8) is 0 Å². The lowest BCUT2D eigenvalue weighted by Gasteiger charge is -2.36. The number of hydrogen-bond donors (Lipinski definition) is 3. The summed E-state index contributed by atoms with van der Waals surface area (Å²) in [6.45, 7) is 6.55. The van der Waals surface area contributed by atoms with Crippen molar-refractivity contribution in [3.05, 3.63) is 47.0 Å². The summed E-state index contributed by atoms with van der Waals surface area (Å²) in [6, 6.07) is 8.20. The van der Waals surface area contributed by atoms with Crippen LogP contribution in [0, 0.1) is 5.92 Å². The predicted octanol–water partition coefficient (Wildman–Crippen LogP) is 3.56. The molecule has 4 N–H and O–H groups in total. The molecule has 1 saturated heterocycles. The number of carbonyl (C=O) groups excluding carboxylic acids is 1. The lowest BCUT2D eigenvalue weighted by atomic mass is 9.91. The molecule has 0 aliphatic carbocycles. The van der Waals surface area contributed by atoms with Crippen LogP contribution in [0.4, 0.5) is 10.3 Å². The fraction of sp³-hybridized carbons (Fsp3) is 0.538. The first kappa shape index (κ1) is 31.9. The molecule has 0 saturated carbocycles. The Hall–Kier alpha value is -3.03. The Labute approximate surface area is 246 Å². The summed E-state index contributed by atoms with van der Waals surface area (Å²) < 4.78 is 53.3. The minimum atomic E-state index is -4.20. The highest BCUT2D eigenvalue weighted by Gasteiger charge is 2.62. The third-order valence-electron chi connectivity index (χ3n) is 6.67. The molecule has 0 bridgehead atoms. The molecule has 16 heteroatoms. The molecule has 0 amide bonds. The summed E-state index contributed by atoms with van der Waals surface area (Å²) in [6.07, 6.45) is -4.18. The number of rotatable bonds is 11. The molecule has 1 aliphatic heterocycles. The van der Waals surface area contributed by atoms with Crippen LogP contribution in [0.2, 0.25) is 0 Å². The zero-order valence-corrected chi connectivity index (χ0v) is 25.3. The highest BCUT2D eigenvalue weighted by atomic mass is 35.5. The second kappa shape index (κ2) is 11.9. The topological polar surface area (TPSA) is 181 Å². The van der Waals surface area contributed by atoms with Crippen molar-refractivity contribution >= 4 is 42.3 Å². The highest BCUT2D eigenvalue weighted by Crippen LogP contribution is 2.56. The van der Waals surface area contributed by atoms with Gasteiger partial charge >= 0.3 is 13.6 Å². The zero-order chi connectivity index (χ0) is 31.0. The van der Waals surface area contributed by atoms with E-state index in [9.17, 15) is 23.7 Å². The van der Waals surface area contributed by atoms with Crippen LogP contribution in [0.1, 0.15) is 40.8 Å². The minimum absolute atomic E-state index is 0.0538. The number of nitrogens with two attached hydrogens (primary N) is 1. The van der Waals surface area contributed by atoms with Gasteiger partial charge in [0.05, 0.1) is 24.5 Å². The molecule has 6 atom stereocenters. The Kier molecular flexibility index (Phi) is 9.06. The highest BCUT2D eigenvalue weighted by molar-refractivity contribution is 7.54. The molecule has 230 valence electrons. The summed E-state index contributed by atoms with van der Waals surface area (Å²) in [7, 11) is -4.20. The van der Waals surface area contributed by atoms with E-state index in [4.69, 9.17) is 35.9 Å². The first-order valence-electron chi connectivity index (χ1n) is 13.2. The van der Waals surface area contributed by atoms with Crippen molar-refractivity contribution in [2.75, 3.05) is 18.6 Å². The number of anilines is 1. The van der Waals surface area contributed by atoms with Crippen molar-refractivity contribution in [3.8, 4) is 5.75 Å². The van der Waals surface area contributed by atoms with Gasteiger partial charge in [-0.15, -0.1) is 11.6 Å². The van der Waals surface area contributed by atoms with Gasteiger partial charge in [-0.2, -0.15) is 4.98 Å². The van der Waals surface area contributed by atoms with Gasteiger partial charge in [-0.3, -0.25) is 23.7 Å². The summed E-state index contributed by atoms with van der Waals surface area (Å²) in [5, 5.41) is 11.3. The Balaban J connectivity index is 1.68. The van der Waals surface area contributed by atoms with E-state index in [1.807, 2.05) is 0 Å². The van der Waals surface area contributed by atoms with Crippen LogP contribution in [0.25, 0.3) is 11.2 Å². The SMILES string of the molecule is CC(C)OC(=O)[C@H](C)C[P@](=O)(Oc1ccccc1)OC(C)(C)[C@H]1O[C@@H](n2cnc3c(=O)[nH]c(N)nc32)C(Cl)(CF)[C@H]1O. The zero-order valence-electron chi connectivity index (χ0n) is 23.7. The van der Waals surface area contributed by atoms with Gasteiger partial charge in [0.15, 0.2) is 17.4 Å². The fourth-order valence-electron chi connectivity index (χ4n) is 4.73. The number of fused-ring (bicyclic) bond motifs is 1. The van der Waals surface area contributed by atoms with Crippen molar-refractivity contribution in [1.29, 1.82) is 0 Å². The van der Waals surface area contributed by atoms with Gasteiger partial charge in [0.1, 0.15) is 35.1 Å². The van der Waals surface area contributed by atoms with Crippen LogP contribution in [0.3, 0.4) is 0 Å². The third-order valence-corrected chi connectivity index (χ3v) is 9.42. The molecule has 3 heterocycles. The molecule has 1 fully saturated rings. The summed E-state index contributed by atoms with van der Waals surface area (Å²) >= 11 is 6.66. The second-order valence-corrected chi connectivity index (χ2v) is 13.6. The van der Waals surface area contributed by atoms with Crippen molar-refractivity contribution in [2.45, 2.75) is 69.6 Å². The smallest absolute Gasteiger partial charge is 0.380 e. The normalized spacial score (nSPS) is 24.9. The number of aliphatic hydroxyl groups excluding tert-OH is 1.